The molecule has 0 radical (unpaired) electrons. The number of hydrogen-bond donors (Lipinski definition) is 4. The number of ether oxygens (including phenoxy) is 1. The maximum Gasteiger partial charge on any atom is 0.261 e. The minimum atomic E-state index is -0.379. The van der Waals surface area contributed by atoms with Crippen LogP contribution in [0, 0.1) is 0 Å². The minimum absolute atomic E-state index is 0.0413. The molecule has 30 heavy (non-hydrogen) atoms. The molecule has 158 valence electrons. The summed E-state index contributed by atoms with van der Waals surface area (Å²) in [6.07, 6.45) is 8.51. The first-order valence-corrected chi connectivity index (χ1v) is 10.4. The molecule has 2 aromatic heterocycles. The molecule has 10 nitrogen and oxygen atoms in total. The van der Waals surface area contributed by atoms with Crippen LogP contribution in [0.3, 0.4) is 0 Å². The van der Waals surface area contributed by atoms with E-state index >= 15 is 0 Å². The smallest absolute Gasteiger partial charge is 0.261 e. The number of nitrogens with zero attached hydrogens (tertiary/aromatic N) is 4. The number of allylic oxidation sites excluding steroid dienone is 3. The summed E-state index contributed by atoms with van der Waals surface area (Å²) in [6, 6.07) is 1.67. The Hall–Kier alpha value is -3.31. The average Bonchev–Trinajstić information content (AvgIpc) is 2.76. The molecule has 0 aliphatic carbocycles. The van der Waals surface area contributed by atoms with E-state index in [1.807, 2.05) is 11.2 Å². The monoisotopic (exact) mass is 428 g/mol. The van der Waals surface area contributed by atoms with Crippen LogP contribution in [0.5, 0.6) is 0 Å². The first-order chi connectivity index (χ1) is 14.5. The van der Waals surface area contributed by atoms with Crippen LogP contribution in [-0.4, -0.2) is 52.5 Å². The van der Waals surface area contributed by atoms with Gasteiger partial charge in [-0.1, -0.05) is 6.58 Å². The van der Waals surface area contributed by atoms with Gasteiger partial charge in [0.15, 0.2) is 5.95 Å². The zero-order valence-electron chi connectivity index (χ0n) is 16.6. The Labute approximate surface area is 178 Å². The number of morpholine rings is 1. The number of thioether (sulfide) groups is 1. The highest BCUT2D eigenvalue weighted by Crippen LogP contribution is 2.22. The SMILES string of the molecule is C=C/C(=C\C=C(/N)SC)Nc1cc(-c2cnc(N)[nH]c2=O)nc(N2CCOCC2)n1. The Balaban J connectivity index is 2.03. The molecule has 1 aliphatic rings. The third kappa shape index (κ3) is 5.39. The molecular weight excluding hydrogens is 404 g/mol. The second-order valence-corrected chi connectivity index (χ2v) is 7.15. The van der Waals surface area contributed by atoms with Crippen molar-refractivity contribution >= 4 is 29.5 Å². The van der Waals surface area contributed by atoms with Gasteiger partial charge in [-0.05, 0) is 24.5 Å². The topological polar surface area (TPSA) is 148 Å². The summed E-state index contributed by atoms with van der Waals surface area (Å²) < 4.78 is 5.41. The zero-order valence-corrected chi connectivity index (χ0v) is 17.4. The van der Waals surface area contributed by atoms with Crippen molar-refractivity contribution in [2.24, 2.45) is 5.73 Å². The highest BCUT2D eigenvalue weighted by Gasteiger charge is 2.18. The Bertz CT molecular complexity index is 1030. The van der Waals surface area contributed by atoms with Gasteiger partial charge in [-0.25, -0.2) is 9.97 Å². The molecule has 1 saturated heterocycles. The van der Waals surface area contributed by atoms with Crippen molar-refractivity contribution in [3.8, 4) is 11.3 Å². The lowest BCUT2D eigenvalue weighted by atomic mass is 10.2. The van der Waals surface area contributed by atoms with Crippen molar-refractivity contribution in [1.82, 2.24) is 19.9 Å². The van der Waals surface area contributed by atoms with Gasteiger partial charge in [0, 0.05) is 31.0 Å². The van der Waals surface area contributed by atoms with Gasteiger partial charge in [-0.3, -0.25) is 9.78 Å². The summed E-state index contributed by atoms with van der Waals surface area (Å²) in [5, 5.41) is 3.86. The third-order valence-electron chi connectivity index (χ3n) is 4.26. The van der Waals surface area contributed by atoms with E-state index in [9.17, 15) is 4.79 Å². The first-order valence-electron chi connectivity index (χ1n) is 9.18. The van der Waals surface area contributed by atoms with Gasteiger partial charge in [-0.15, -0.1) is 11.8 Å². The molecule has 1 fully saturated rings. The van der Waals surface area contributed by atoms with Crippen LogP contribution in [0.15, 0.2) is 52.6 Å². The van der Waals surface area contributed by atoms with E-state index in [4.69, 9.17) is 16.2 Å². The maximum atomic E-state index is 12.4. The molecule has 0 bridgehead atoms. The summed E-state index contributed by atoms with van der Waals surface area (Å²) >= 11 is 1.44. The molecular formula is C19H24N8O2S. The van der Waals surface area contributed by atoms with Crippen molar-refractivity contribution in [2.75, 3.05) is 48.5 Å². The van der Waals surface area contributed by atoms with Crippen LogP contribution in [-0.2, 0) is 4.74 Å². The number of anilines is 3. The lowest BCUT2D eigenvalue weighted by Crippen LogP contribution is -2.37. The summed E-state index contributed by atoms with van der Waals surface area (Å²) in [5.41, 5.74) is 12.4. The van der Waals surface area contributed by atoms with E-state index in [-0.39, 0.29) is 11.5 Å². The number of aromatic nitrogens is 4. The molecule has 0 atom stereocenters. The van der Waals surface area contributed by atoms with E-state index in [2.05, 4.69) is 31.8 Å². The highest BCUT2D eigenvalue weighted by atomic mass is 32.2. The molecule has 0 aromatic carbocycles. The fourth-order valence-electron chi connectivity index (χ4n) is 2.68. The molecule has 2 aromatic rings. The molecule has 0 spiro atoms. The van der Waals surface area contributed by atoms with Crippen LogP contribution in [0.2, 0.25) is 0 Å². The highest BCUT2D eigenvalue weighted by molar-refractivity contribution is 8.02. The zero-order chi connectivity index (χ0) is 21.5. The van der Waals surface area contributed by atoms with Gasteiger partial charge in [0.25, 0.3) is 5.56 Å². The molecule has 0 saturated carbocycles. The predicted molar refractivity (Wildman–Crippen MR) is 121 cm³/mol. The van der Waals surface area contributed by atoms with Crippen LogP contribution >= 0.6 is 11.8 Å². The molecule has 0 amide bonds. The summed E-state index contributed by atoms with van der Waals surface area (Å²) in [4.78, 5) is 30.0. The second-order valence-electron chi connectivity index (χ2n) is 6.27. The molecule has 3 rings (SSSR count). The predicted octanol–water partition coefficient (Wildman–Crippen LogP) is 1.29. The summed E-state index contributed by atoms with van der Waals surface area (Å²) in [7, 11) is 0. The summed E-state index contributed by atoms with van der Waals surface area (Å²) in [5.74, 6) is 1.02. The summed E-state index contributed by atoms with van der Waals surface area (Å²) in [6.45, 7) is 6.28. The lowest BCUT2D eigenvalue weighted by molar-refractivity contribution is 0.122. The molecule has 0 unspecified atom stereocenters. The number of rotatable bonds is 7. The number of nitrogen functional groups attached to an aromatic ring is 1. The molecule has 6 N–H and O–H groups in total. The molecule has 11 heteroatoms. The van der Waals surface area contributed by atoms with Crippen molar-refractivity contribution in [3.63, 3.8) is 0 Å². The Kier molecular flexibility index (Phi) is 7.09. The van der Waals surface area contributed by atoms with E-state index in [1.54, 1.807) is 24.3 Å². The molecule has 3 heterocycles. The van der Waals surface area contributed by atoms with Gasteiger partial charge in [0.2, 0.25) is 5.95 Å². The molecule has 1 aliphatic heterocycles. The maximum absolute atomic E-state index is 12.4. The van der Waals surface area contributed by atoms with Crippen molar-refractivity contribution in [2.45, 2.75) is 0 Å². The largest absolute Gasteiger partial charge is 0.394 e. The first kappa shape index (κ1) is 21.4. The average molecular weight is 429 g/mol. The van der Waals surface area contributed by atoms with Crippen LogP contribution in [0.25, 0.3) is 11.3 Å². The van der Waals surface area contributed by atoms with Gasteiger partial charge < -0.3 is 26.4 Å². The second kappa shape index (κ2) is 9.94. The standard InChI is InChI=1S/C19H24N8O2S/c1-3-12(4-5-15(20)30-2)23-16-10-14(13-11-22-18(21)26-17(13)28)24-19(25-16)27-6-8-29-9-7-27/h3-5,10-11H,1,6-9,20H2,2H3,(H,23,24,25)(H3,21,22,26,28)/b12-4+,15-5+. The number of aromatic amines is 1. The van der Waals surface area contributed by atoms with Crippen molar-refractivity contribution in [1.29, 1.82) is 0 Å². The number of nitrogens with one attached hydrogen (secondary N) is 2. The van der Waals surface area contributed by atoms with E-state index in [0.717, 1.165) is 0 Å². The normalized spacial score (nSPS) is 15.2. The lowest BCUT2D eigenvalue weighted by Gasteiger charge is -2.27. The Morgan fingerprint density at radius 1 is 1.37 bits per heavy atom. The number of hydrogen-bond acceptors (Lipinski definition) is 10. The Morgan fingerprint density at radius 3 is 2.80 bits per heavy atom. The fraction of sp³-hybridized carbons (Fsp3) is 0.263. The van der Waals surface area contributed by atoms with Crippen LogP contribution in [0.4, 0.5) is 17.7 Å². The van der Waals surface area contributed by atoms with Crippen LogP contribution < -0.4 is 27.2 Å². The van der Waals surface area contributed by atoms with Crippen molar-refractivity contribution in [3.05, 3.63) is 58.2 Å². The Morgan fingerprint density at radius 2 is 2.13 bits per heavy atom. The fourth-order valence-corrected chi connectivity index (χ4v) is 2.89. The minimum Gasteiger partial charge on any atom is -0.394 e. The van der Waals surface area contributed by atoms with Crippen LogP contribution in [0.1, 0.15) is 0 Å². The van der Waals surface area contributed by atoms with Crippen molar-refractivity contribution < 1.29 is 4.74 Å². The quantitative estimate of drug-likeness (QED) is 0.475. The van der Waals surface area contributed by atoms with E-state index < -0.39 is 0 Å². The van der Waals surface area contributed by atoms with E-state index in [0.29, 0.717) is 60.1 Å². The van der Waals surface area contributed by atoms with Gasteiger partial charge in [-0.2, -0.15) is 4.98 Å². The van der Waals surface area contributed by atoms with Gasteiger partial charge in [0.05, 0.1) is 29.5 Å². The van der Waals surface area contributed by atoms with Gasteiger partial charge in [0.1, 0.15) is 5.82 Å². The third-order valence-corrected chi connectivity index (χ3v) is 4.87. The number of nitrogens with two attached hydrogens (primary N) is 2. The number of H-pyrrole nitrogens is 1. The van der Waals surface area contributed by atoms with Gasteiger partial charge >= 0.3 is 0 Å². The van der Waals surface area contributed by atoms with E-state index in [1.165, 1.54) is 18.0 Å².